The Hall–Kier alpha value is -2.81. The molecule has 0 atom stereocenters. The summed E-state index contributed by atoms with van der Waals surface area (Å²) in [7, 11) is 0. The normalized spacial score (nSPS) is 10.7. The van der Waals surface area contributed by atoms with Gasteiger partial charge in [0.25, 0.3) is 0 Å². The minimum Gasteiger partial charge on any atom is -0.460 e. The number of hydrogen-bond donors (Lipinski definition) is 0. The summed E-state index contributed by atoms with van der Waals surface area (Å²) in [4.78, 5) is 12.4. The summed E-state index contributed by atoms with van der Waals surface area (Å²) in [5.41, 5.74) is 5.18. The van der Waals surface area contributed by atoms with E-state index in [0.717, 1.165) is 22.5 Å². The van der Waals surface area contributed by atoms with Gasteiger partial charge in [-0.2, -0.15) is 0 Å². The van der Waals surface area contributed by atoms with Gasteiger partial charge in [-0.25, -0.2) is 4.79 Å². The molecule has 0 fully saturated rings. The van der Waals surface area contributed by atoms with Crippen molar-refractivity contribution in [3.05, 3.63) is 82.8 Å². The van der Waals surface area contributed by atoms with Crippen molar-refractivity contribution >= 4 is 5.97 Å². The number of benzene rings is 2. The minimum atomic E-state index is -0.416. The molecule has 0 unspecified atom stereocenters. The third-order valence-electron chi connectivity index (χ3n) is 4.23. The monoisotopic (exact) mass is 334 g/mol. The molecule has 0 radical (unpaired) electrons. The summed E-state index contributed by atoms with van der Waals surface area (Å²) < 4.78 is 11.0. The largest absolute Gasteiger partial charge is 0.460 e. The Labute approximate surface area is 148 Å². The Balaban J connectivity index is 2.13. The summed E-state index contributed by atoms with van der Waals surface area (Å²) >= 11 is 0. The highest BCUT2D eigenvalue weighted by atomic mass is 16.5. The minimum absolute atomic E-state index is 0.286. The first kappa shape index (κ1) is 17.0. The second-order valence-electron chi connectivity index (χ2n) is 6.09. The van der Waals surface area contributed by atoms with E-state index in [1.807, 2.05) is 56.3 Å². The van der Waals surface area contributed by atoms with Crippen LogP contribution in [0.25, 0.3) is 11.1 Å². The molecule has 1 heterocycles. The predicted octanol–water partition coefficient (Wildman–Crippen LogP) is 5.33. The molecule has 0 saturated heterocycles. The second-order valence-corrected chi connectivity index (χ2v) is 6.09. The first-order chi connectivity index (χ1) is 12.1. The van der Waals surface area contributed by atoms with Crippen molar-refractivity contribution in [2.45, 2.75) is 27.2 Å². The number of rotatable bonds is 5. The van der Waals surface area contributed by atoms with Crippen LogP contribution in [0, 0.1) is 13.8 Å². The van der Waals surface area contributed by atoms with Gasteiger partial charge in [0.15, 0.2) is 0 Å². The summed E-state index contributed by atoms with van der Waals surface area (Å²) in [5, 5.41) is 0. The molecule has 3 rings (SSSR count). The molecule has 0 amide bonds. The molecule has 128 valence electrons. The molecule has 25 heavy (non-hydrogen) atoms. The van der Waals surface area contributed by atoms with Gasteiger partial charge in [0.2, 0.25) is 5.76 Å². The first-order valence-electron chi connectivity index (χ1n) is 8.50. The molecular formula is C22H22O3. The fourth-order valence-electron chi connectivity index (χ4n) is 2.96. The van der Waals surface area contributed by atoms with Crippen molar-refractivity contribution in [1.82, 2.24) is 0 Å². The van der Waals surface area contributed by atoms with Crippen LogP contribution in [0.3, 0.4) is 0 Å². The maximum Gasteiger partial charge on any atom is 0.374 e. The summed E-state index contributed by atoms with van der Waals surface area (Å²) in [6.07, 6.45) is 0.707. The lowest BCUT2D eigenvalue weighted by Gasteiger charge is -2.08. The van der Waals surface area contributed by atoms with Gasteiger partial charge in [0.1, 0.15) is 5.76 Å². The van der Waals surface area contributed by atoms with Crippen molar-refractivity contribution in [1.29, 1.82) is 0 Å². The first-order valence-corrected chi connectivity index (χ1v) is 8.50. The summed E-state index contributed by atoms with van der Waals surface area (Å²) in [6.45, 7) is 6.06. The molecule has 3 heteroatoms. The molecule has 2 aromatic carbocycles. The average Bonchev–Trinajstić information content (AvgIpc) is 2.94. The smallest absolute Gasteiger partial charge is 0.374 e. The number of ether oxygens (including phenoxy) is 1. The van der Waals surface area contributed by atoms with Crippen molar-refractivity contribution in [3.8, 4) is 11.1 Å². The van der Waals surface area contributed by atoms with Crippen LogP contribution in [-0.4, -0.2) is 12.6 Å². The standard InChI is InChI=1S/C22H22O3/c1-4-24-22(23)21-20(18-12-10-15(2)11-13-18)19(16(3)25-21)14-17-8-6-5-7-9-17/h5-13H,4,14H2,1-3H3. The fraction of sp³-hybridized carbons (Fsp3) is 0.227. The lowest BCUT2D eigenvalue weighted by Crippen LogP contribution is -2.05. The molecule has 0 saturated carbocycles. The third kappa shape index (κ3) is 3.66. The maximum atomic E-state index is 12.4. The van der Waals surface area contributed by atoms with Crippen LogP contribution in [0.15, 0.2) is 59.0 Å². The highest BCUT2D eigenvalue weighted by Gasteiger charge is 2.25. The number of hydrogen-bond acceptors (Lipinski definition) is 3. The molecule has 3 aromatic rings. The van der Waals surface area contributed by atoms with Gasteiger partial charge in [-0.1, -0.05) is 60.2 Å². The van der Waals surface area contributed by atoms with Crippen LogP contribution in [0.5, 0.6) is 0 Å². The van der Waals surface area contributed by atoms with E-state index in [0.29, 0.717) is 13.0 Å². The van der Waals surface area contributed by atoms with Crippen molar-refractivity contribution in [2.75, 3.05) is 6.61 Å². The number of aryl methyl sites for hydroxylation is 2. The Morgan fingerprint density at radius 1 is 1.00 bits per heavy atom. The zero-order chi connectivity index (χ0) is 17.8. The van der Waals surface area contributed by atoms with Crippen LogP contribution in [0.2, 0.25) is 0 Å². The van der Waals surface area contributed by atoms with E-state index in [4.69, 9.17) is 9.15 Å². The molecule has 1 aromatic heterocycles. The Bertz CT molecular complexity index is 858. The van der Waals surface area contributed by atoms with E-state index >= 15 is 0 Å². The van der Waals surface area contributed by atoms with Crippen molar-refractivity contribution < 1.29 is 13.9 Å². The maximum absolute atomic E-state index is 12.4. The van der Waals surface area contributed by atoms with Crippen LogP contribution in [0.1, 0.15) is 39.9 Å². The predicted molar refractivity (Wildman–Crippen MR) is 98.8 cm³/mol. The van der Waals surface area contributed by atoms with Gasteiger partial charge < -0.3 is 9.15 Å². The van der Waals surface area contributed by atoms with E-state index in [1.54, 1.807) is 6.92 Å². The quantitative estimate of drug-likeness (QED) is 0.592. The zero-order valence-corrected chi connectivity index (χ0v) is 14.8. The van der Waals surface area contributed by atoms with Gasteiger partial charge in [0, 0.05) is 17.5 Å². The average molecular weight is 334 g/mol. The van der Waals surface area contributed by atoms with Gasteiger partial charge in [-0.3, -0.25) is 0 Å². The molecule has 0 bridgehead atoms. The molecule has 0 aliphatic heterocycles. The van der Waals surface area contributed by atoms with Crippen LogP contribution in [-0.2, 0) is 11.2 Å². The molecule has 0 spiro atoms. The third-order valence-corrected chi connectivity index (χ3v) is 4.23. The Kier molecular flexibility index (Phi) is 5.03. The molecule has 0 aliphatic carbocycles. The lowest BCUT2D eigenvalue weighted by molar-refractivity contribution is 0.0490. The SMILES string of the molecule is CCOC(=O)c1oc(C)c(Cc2ccccc2)c1-c1ccc(C)cc1. The Morgan fingerprint density at radius 3 is 2.32 bits per heavy atom. The molecule has 0 N–H and O–H groups in total. The van der Waals surface area contributed by atoms with Crippen LogP contribution >= 0.6 is 0 Å². The van der Waals surface area contributed by atoms with Crippen LogP contribution in [0.4, 0.5) is 0 Å². The van der Waals surface area contributed by atoms with E-state index in [2.05, 4.69) is 12.1 Å². The highest BCUT2D eigenvalue weighted by Crippen LogP contribution is 2.35. The van der Waals surface area contributed by atoms with E-state index in [9.17, 15) is 4.79 Å². The Morgan fingerprint density at radius 2 is 1.68 bits per heavy atom. The van der Waals surface area contributed by atoms with Gasteiger partial charge >= 0.3 is 5.97 Å². The van der Waals surface area contributed by atoms with Crippen molar-refractivity contribution in [3.63, 3.8) is 0 Å². The highest BCUT2D eigenvalue weighted by molar-refractivity contribution is 5.96. The van der Waals surface area contributed by atoms with Crippen molar-refractivity contribution in [2.24, 2.45) is 0 Å². The molecule has 0 aliphatic rings. The number of furan rings is 1. The number of esters is 1. The van der Waals surface area contributed by atoms with Gasteiger partial charge in [0.05, 0.1) is 6.61 Å². The zero-order valence-electron chi connectivity index (χ0n) is 14.8. The topological polar surface area (TPSA) is 39.4 Å². The van der Waals surface area contributed by atoms with Gasteiger partial charge in [-0.15, -0.1) is 0 Å². The van der Waals surface area contributed by atoms with Crippen LogP contribution < -0.4 is 0 Å². The fourth-order valence-corrected chi connectivity index (χ4v) is 2.96. The molecule has 3 nitrogen and oxygen atoms in total. The summed E-state index contributed by atoms with van der Waals surface area (Å²) in [5.74, 6) is 0.622. The van der Waals surface area contributed by atoms with E-state index < -0.39 is 5.97 Å². The van der Waals surface area contributed by atoms with E-state index in [1.165, 1.54) is 11.1 Å². The lowest BCUT2D eigenvalue weighted by atomic mass is 9.95. The summed E-state index contributed by atoms with van der Waals surface area (Å²) in [6, 6.07) is 18.3. The van der Waals surface area contributed by atoms with Gasteiger partial charge in [-0.05, 0) is 31.9 Å². The number of carbonyl (C=O) groups excluding carboxylic acids is 1. The van der Waals surface area contributed by atoms with E-state index in [-0.39, 0.29) is 5.76 Å². The number of carbonyl (C=O) groups is 1. The second kappa shape index (κ2) is 7.39. The molecular weight excluding hydrogens is 312 g/mol.